The van der Waals surface area contributed by atoms with Crippen molar-refractivity contribution in [1.82, 2.24) is 15.2 Å². The Kier molecular flexibility index (Phi) is 7.92. The van der Waals surface area contributed by atoms with E-state index in [9.17, 15) is 9.90 Å². The summed E-state index contributed by atoms with van der Waals surface area (Å²) in [6, 6.07) is 7.62. The topological polar surface area (TPSA) is 83.9 Å². The molecule has 0 spiro atoms. The first-order valence-corrected chi connectivity index (χ1v) is 11.9. The van der Waals surface area contributed by atoms with Crippen LogP contribution in [-0.4, -0.2) is 65.0 Å². The van der Waals surface area contributed by atoms with Gasteiger partial charge in [0.15, 0.2) is 0 Å². The van der Waals surface area contributed by atoms with E-state index in [1.54, 1.807) is 17.5 Å². The molecule has 2 aromatic rings. The van der Waals surface area contributed by atoms with Crippen LogP contribution in [0.25, 0.3) is 0 Å². The van der Waals surface area contributed by atoms with E-state index in [4.69, 9.17) is 21.1 Å². The van der Waals surface area contributed by atoms with Crippen molar-refractivity contribution >= 4 is 28.8 Å². The number of nitrogens with zero attached hydrogens (tertiary/aromatic N) is 2. The van der Waals surface area contributed by atoms with E-state index in [-0.39, 0.29) is 30.8 Å². The highest BCUT2D eigenvalue weighted by Gasteiger charge is 2.38. The van der Waals surface area contributed by atoms with Crippen molar-refractivity contribution in [3.05, 3.63) is 51.4 Å². The first-order valence-electron chi connectivity index (χ1n) is 10.6. The second kappa shape index (κ2) is 10.8. The average molecular weight is 466 g/mol. The van der Waals surface area contributed by atoms with Gasteiger partial charge in [-0.25, -0.2) is 4.98 Å². The number of β-amino-alcohol motifs (C(OH)–C–C–N with tert-alkyl or cyclic N) is 1. The Morgan fingerprint density at radius 1 is 1.32 bits per heavy atom. The zero-order chi connectivity index (χ0) is 21.6. The summed E-state index contributed by atoms with van der Waals surface area (Å²) in [5.41, 5.74) is 0.895. The highest BCUT2D eigenvalue weighted by molar-refractivity contribution is 7.09. The highest BCUT2D eigenvalue weighted by Crippen LogP contribution is 2.29. The summed E-state index contributed by atoms with van der Waals surface area (Å²) in [5, 5.41) is 16.8. The predicted octanol–water partition coefficient (Wildman–Crippen LogP) is 2.61. The van der Waals surface area contributed by atoms with E-state index in [1.807, 2.05) is 29.6 Å². The SMILES string of the molecule is O=C(C[C@H]1CC[C@@H]2[C@H](COC[C@H](O)CN2Cc2nccs2)O1)NCc1ccccc1Cl. The quantitative estimate of drug-likeness (QED) is 0.682. The molecule has 0 unspecified atom stereocenters. The third-order valence-electron chi connectivity index (χ3n) is 5.76. The summed E-state index contributed by atoms with van der Waals surface area (Å²) in [4.78, 5) is 19.1. The van der Waals surface area contributed by atoms with Gasteiger partial charge in [0, 0.05) is 35.7 Å². The number of aliphatic hydroxyl groups excluding tert-OH is 1. The standard InChI is InChI=1S/C22H28ClN3O4S/c23-18-4-2-1-3-15(18)10-25-21(28)9-17-5-6-19-20(30-17)14-29-13-16(27)11-26(19)12-22-24-7-8-31-22/h1-4,7-8,16-17,19-20,27H,5-6,9-14H2,(H,25,28)/t16-,17-,19-,20+/m1/s1. The van der Waals surface area contributed by atoms with Gasteiger partial charge in [-0.15, -0.1) is 11.3 Å². The third-order valence-corrected chi connectivity index (χ3v) is 6.89. The molecule has 2 fully saturated rings. The Labute approximate surface area is 191 Å². The lowest BCUT2D eigenvalue weighted by molar-refractivity contribution is -0.158. The van der Waals surface area contributed by atoms with Crippen LogP contribution >= 0.6 is 22.9 Å². The zero-order valence-corrected chi connectivity index (χ0v) is 18.9. The maximum Gasteiger partial charge on any atom is 0.222 e. The van der Waals surface area contributed by atoms with E-state index < -0.39 is 6.10 Å². The Bertz CT molecular complexity index is 853. The van der Waals surface area contributed by atoms with Crippen molar-refractivity contribution in [3.63, 3.8) is 0 Å². The molecule has 31 heavy (non-hydrogen) atoms. The molecule has 1 aromatic carbocycles. The van der Waals surface area contributed by atoms with Crippen molar-refractivity contribution in [2.45, 2.75) is 56.7 Å². The van der Waals surface area contributed by atoms with Gasteiger partial charge in [-0.1, -0.05) is 29.8 Å². The molecule has 0 bridgehead atoms. The number of carbonyl (C=O) groups excluding carboxylic acids is 1. The summed E-state index contributed by atoms with van der Waals surface area (Å²) >= 11 is 7.78. The van der Waals surface area contributed by atoms with Crippen LogP contribution in [0.5, 0.6) is 0 Å². The summed E-state index contributed by atoms with van der Waals surface area (Å²) in [6.45, 7) is 2.30. The molecule has 1 amide bonds. The molecule has 2 N–H and O–H groups in total. The molecule has 4 rings (SSSR count). The molecule has 1 aromatic heterocycles. The Balaban J connectivity index is 1.33. The molecule has 2 saturated heterocycles. The highest BCUT2D eigenvalue weighted by atomic mass is 35.5. The number of ether oxygens (including phenoxy) is 2. The van der Waals surface area contributed by atoms with E-state index in [0.29, 0.717) is 37.7 Å². The fourth-order valence-electron chi connectivity index (χ4n) is 4.25. The fourth-order valence-corrected chi connectivity index (χ4v) is 5.09. The number of nitrogens with one attached hydrogen (secondary N) is 1. The number of halogens is 1. The Hall–Kier alpha value is -1.55. The van der Waals surface area contributed by atoms with Gasteiger partial charge in [-0.2, -0.15) is 0 Å². The van der Waals surface area contributed by atoms with Crippen LogP contribution in [0.2, 0.25) is 5.02 Å². The molecule has 0 aliphatic carbocycles. The summed E-state index contributed by atoms with van der Waals surface area (Å²) < 4.78 is 12.0. The lowest BCUT2D eigenvalue weighted by Crippen LogP contribution is -2.55. The van der Waals surface area contributed by atoms with Crippen LogP contribution < -0.4 is 5.32 Å². The molecular formula is C22H28ClN3O4S. The first kappa shape index (κ1) is 22.6. The van der Waals surface area contributed by atoms with Gasteiger partial charge in [0.2, 0.25) is 5.91 Å². The number of fused-ring (bicyclic) bond motifs is 1. The second-order valence-corrected chi connectivity index (χ2v) is 9.45. The van der Waals surface area contributed by atoms with Crippen LogP contribution in [0.15, 0.2) is 35.8 Å². The van der Waals surface area contributed by atoms with Gasteiger partial charge >= 0.3 is 0 Å². The minimum absolute atomic E-state index is 0.0507. The number of rotatable bonds is 6. The summed E-state index contributed by atoms with van der Waals surface area (Å²) in [5.74, 6) is -0.0507. The number of aliphatic hydroxyl groups is 1. The Morgan fingerprint density at radius 3 is 3.00 bits per heavy atom. The predicted molar refractivity (Wildman–Crippen MR) is 119 cm³/mol. The maximum atomic E-state index is 12.5. The molecule has 4 atom stereocenters. The largest absolute Gasteiger partial charge is 0.389 e. The third kappa shape index (κ3) is 6.25. The second-order valence-electron chi connectivity index (χ2n) is 8.06. The van der Waals surface area contributed by atoms with Gasteiger partial charge < -0.3 is 19.9 Å². The van der Waals surface area contributed by atoms with Gasteiger partial charge in [-0.05, 0) is 24.5 Å². The minimum atomic E-state index is -0.533. The normalized spacial score (nSPS) is 27.2. The molecular weight excluding hydrogens is 438 g/mol. The molecule has 168 valence electrons. The number of amides is 1. The summed E-state index contributed by atoms with van der Waals surface area (Å²) in [7, 11) is 0. The summed E-state index contributed by atoms with van der Waals surface area (Å²) in [6.07, 6.45) is 2.96. The van der Waals surface area contributed by atoms with Gasteiger partial charge in [0.25, 0.3) is 0 Å². The van der Waals surface area contributed by atoms with Crippen molar-refractivity contribution in [2.75, 3.05) is 19.8 Å². The minimum Gasteiger partial charge on any atom is -0.389 e. The van der Waals surface area contributed by atoms with E-state index in [0.717, 1.165) is 23.4 Å². The molecule has 2 aliphatic heterocycles. The fraction of sp³-hybridized carbons (Fsp3) is 0.545. The van der Waals surface area contributed by atoms with Gasteiger partial charge in [0.05, 0.1) is 44.5 Å². The number of aromatic nitrogens is 1. The number of benzene rings is 1. The van der Waals surface area contributed by atoms with Crippen molar-refractivity contribution < 1.29 is 19.4 Å². The number of thiazole rings is 1. The van der Waals surface area contributed by atoms with E-state index in [2.05, 4.69) is 15.2 Å². The lowest BCUT2D eigenvalue weighted by Gasteiger charge is -2.44. The molecule has 3 heterocycles. The first-order chi connectivity index (χ1) is 15.1. The van der Waals surface area contributed by atoms with Crippen LogP contribution in [-0.2, 0) is 27.4 Å². The zero-order valence-electron chi connectivity index (χ0n) is 17.3. The number of hydrogen-bond donors (Lipinski definition) is 2. The lowest BCUT2D eigenvalue weighted by atomic mass is 9.94. The van der Waals surface area contributed by atoms with Crippen LogP contribution in [0.3, 0.4) is 0 Å². The average Bonchev–Trinajstić information content (AvgIpc) is 3.25. The molecule has 9 heteroatoms. The molecule has 0 saturated carbocycles. The van der Waals surface area contributed by atoms with Gasteiger partial charge in [-0.3, -0.25) is 9.69 Å². The monoisotopic (exact) mass is 465 g/mol. The number of carbonyl (C=O) groups is 1. The molecule has 7 nitrogen and oxygen atoms in total. The van der Waals surface area contributed by atoms with Gasteiger partial charge in [0.1, 0.15) is 5.01 Å². The van der Waals surface area contributed by atoms with Crippen molar-refractivity contribution in [3.8, 4) is 0 Å². The molecule has 0 radical (unpaired) electrons. The maximum absolute atomic E-state index is 12.5. The van der Waals surface area contributed by atoms with E-state index >= 15 is 0 Å². The van der Waals surface area contributed by atoms with Crippen LogP contribution in [0, 0.1) is 0 Å². The van der Waals surface area contributed by atoms with E-state index in [1.165, 1.54) is 0 Å². The number of hydrogen-bond acceptors (Lipinski definition) is 7. The van der Waals surface area contributed by atoms with Crippen molar-refractivity contribution in [2.24, 2.45) is 0 Å². The van der Waals surface area contributed by atoms with Crippen LogP contribution in [0.1, 0.15) is 29.8 Å². The van der Waals surface area contributed by atoms with Crippen LogP contribution in [0.4, 0.5) is 0 Å². The molecule has 2 aliphatic rings. The smallest absolute Gasteiger partial charge is 0.222 e. The van der Waals surface area contributed by atoms with Crippen molar-refractivity contribution in [1.29, 1.82) is 0 Å². The Morgan fingerprint density at radius 2 is 2.19 bits per heavy atom.